The zero-order valence-corrected chi connectivity index (χ0v) is 15.5. The predicted octanol–water partition coefficient (Wildman–Crippen LogP) is 2.87. The van der Waals surface area contributed by atoms with E-state index < -0.39 is 27.8 Å². The molecule has 8 heteroatoms. The van der Waals surface area contributed by atoms with Crippen molar-refractivity contribution < 1.29 is 17.9 Å². The maximum Gasteiger partial charge on any atom is 0.407 e. The van der Waals surface area contributed by atoms with Crippen LogP contribution in [0.1, 0.15) is 27.7 Å². The minimum absolute atomic E-state index is 0.0358. The third-order valence-corrected chi connectivity index (χ3v) is 5.14. The van der Waals surface area contributed by atoms with Gasteiger partial charge in [0.25, 0.3) is 0 Å². The van der Waals surface area contributed by atoms with Crippen LogP contribution < -0.4 is 5.32 Å². The van der Waals surface area contributed by atoms with E-state index >= 15 is 0 Å². The van der Waals surface area contributed by atoms with E-state index in [9.17, 15) is 13.2 Å². The van der Waals surface area contributed by atoms with Crippen LogP contribution in [0.3, 0.4) is 0 Å². The van der Waals surface area contributed by atoms with Crippen molar-refractivity contribution in [1.82, 2.24) is 9.62 Å². The van der Waals surface area contributed by atoms with Crippen molar-refractivity contribution in [3.63, 3.8) is 0 Å². The SMILES string of the molecule is C[C@H](CN(C)S(=O)(=O)c1ccccc1Cl)NC(=O)OC(C)(C)C. The summed E-state index contributed by atoms with van der Waals surface area (Å²) in [7, 11) is -2.29. The molecule has 0 saturated heterocycles. The highest BCUT2D eigenvalue weighted by molar-refractivity contribution is 7.89. The third kappa shape index (κ3) is 6.01. The summed E-state index contributed by atoms with van der Waals surface area (Å²) in [4.78, 5) is 11.7. The van der Waals surface area contributed by atoms with Crippen molar-refractivity contribution >= 4 is 27.7 Å². The molecule has 130 valence electrons. The summed E-state index contributed by atoms with van der Waals surface area (Å²) in [5.74, 6) is 0. The number of ether oxygens (including phenoxy) is 1. The summed E-state index contributed by atoms with van der Waals surface area (Å²) in [6, 6.07) is 5.81. The lowest BCUT2D eigenvalue weighted by Crippen LogP contribution is -2.44. The summed E-state index contributed by atoms with van der Waals surface area (Å²) in [5.41, 5.74) is -0.612. The Hall–Kier alpha value is -1.31. The predicted molar refractivity (Wildman–Crippen MR) is 90.1 cm³/mol. The lowest BCUT2D eigenvalue weighted by molar-refractivity contribution is 0.0504. The molecule has 0 bridgehead atoms. The van der Waals surface area contributed by atoms with Gasteiger partial charge in [0.05, 0.1) is 5.02 Å². The average molecular weight is 363 g/mol. The van der Waals surface area contributed by atoms with Crippen molar-refractivity contribution in [3.8, 4) is 0 Å². The Morgan fingerprint density at radius 1 is 1.35 bits per heavy atom. The number of alkyl carbamates (subject to hydrolysis) is 1. The van der Waals surface area contributed by atoms with E-state index in [0.717, 1.165) is 4.31 Å². The highest BCUT2D eigenvalue weighted by Gasteiger charge is 2.25. The molecular weight excluding hydrogens is 340 g/mol. The van der Waals surface area contributed by atoms with E-state index in [4.69, 9.17) is 16.3 Å². The normalized spacial score (nSPS) is 13.7. The molecule has 1 rings (SSSR count). The highest BCUT2D eigenvalue weighted by Crippen LogP contribution is 2.23. The van der Waals surface area contributed by atoms with E-state index in [1.54, 1.807) is 39.8 Å². The summed E-state index contributed by atoms with van der Waals surface area (Å²) in [5, 5.41) is 2.76. The van der Waals surface area contributed by atoms with Gasteiger partial charge in [-0.2, -0.15) is 4.31 Å². The fraction of sp³-hybridized carbons (Fsp3) is 0.533. The van der Waals surface area contributed by atoms with Gasteiger partial charge in [0.15, 0.2) is 0 Å². The van der Waals surface area contributed by atoms with Crippen molar-refractivity contribution in [1.29, 1.82) is 0 Å². The molecule has 0 aliphatic carbocycles. The molecule has 0 unspecified atom stereocenters. The molecule has 1 amide bonds. The van der Waals surface area contributed by atoms with E-state index in [0.29, 0.717) is 0 Å². The fourth-order valence-electron chi connectivity index (χ4n) is 1.86. The molecule has 23 heavy (non-hydrogen) atoms. The van der Waals surface area contributed by atoms with Crippen LogP contribution in [0.4, 0.5) is 4.79 Å². The Balaban J connectivity index is 2.73. The van der Waals surface area contributed by atoms with Gasteiger partial charge in [0.2, 0.25) is 10.0 Å². The van der Waals surface area contributed by atoms with Gasteiger partial charge in [-0.15, -0.1) is 0 Å². The van der Waals surface area contributed by atoms with Crippen molar-refractivity contribution in [3.05, 3.63) is 29.3 Å². The summed E-state index contributed by atoms with van der Waals surface area (Å²) < 4.78 is 31.3. The number of benzene rings is 1. The number of nitrogens with one attached hydrogen (secondary N) is 1. The van der Waals surface area contributed by atoms with Crippen LogP contribution >= 0.6 is 11.6 Å². The summed E-state index contributed by atoms with van der Waals surface area (Å²) >= 11 is 5.95. The van der Waals surface area contributed by atoms with Gasteiger partial charge in [-0.25, -0.2) is 13.2 Å². The number of carbonyl (C=O) groups excluding carboxylic acids is 1. The molecule has 0 aromatic heterocycles. The quantitative estimate of drug-likeness (QED) is 0.873. The molecular formula is C15H23ClN2O4S. The topological polar surface area (TPSA) is 75.7 Å². The number of amides is 1. The molecule has 0 aliphatic heterocycles. The molecule has 6 nitrogen and oxygen atoms in total. The minimum Gasteiger partial charge on any atom is -0.444 e. The molecule has 0 heterocycles. The maximum atomic E-state index is 12.5. The zero-order valence-electron chi connectivity index (χ0n) is 14.0. The van der Waals surface area contributed by atoms with E-state index in [1.807, 2.05) is 0 Å². The average Bonchev–Trinajstić information content (AvgIpc) is 2.35. The zero-order chi connectivity index (χ0) is 17.8. The molecule has 1 atom stereocenters. The van der Waals surface area contributed by atoms with Crippen molar-refractivity contribution in [2.75, 3.05) is 13.6 Å². The molecule has 0 saturated carbocycles. The molecule has 0 spiro atoms. The number of sulfonamides is 1. The molecule has 1 aromatic rings. The van der Waals surface area contributed by atoms with Crippen molar-refractivity contribution in [2.45, 2.75) is 44.2 Å². The first kappa shape index (κ1) is 19.7. The first-order valence-electron chi connectivity index (χ1n) is 7.14. The van der Waals surface area contributed by atoms with Crippen LogP contribution in [0.5, 0.6) is 0 Å². The number of halogens is 1. The van der Waals surface area contributed by atoms with Gasteiger partial charge >= 0.3 is 6.09 Å². The number of carbonyl (C=O) groups is 1. The Morgan fingerprint density at radius 2 is 1.91 bits per heavy atom. The Bertz CT molecular complexity index is 656. The van der Waals surface area contributed by atoms with Gasteiger partial charge in [0, 0.05) is 19.6 Å². The van der Waals surface area contributed by atoms with Gasteiger partial charge in [-0.3, -0.25) is 0 Å². The summed E-state index contributed by atoms with van der Waals surface area (Å²) in [6.07, 6.45) is -0.589. The molecule has 1 aromatic carbocycles. The monoisotopic (exact) mass is 362 g/mol. The standard InChI is InChI=1S/C15H23ClN2O4S/c1-11(17-14(19)22-15(2,3)4)10-18(5)23(20,21)13-9-7-6-8-12(13)16/h6-9,11H,10H2,1-5H3,(H,17,19)/t11-/m1/s1. The second-order valence-corrected chi connectivity index (χ2v) is 8.68. The lowest BCUT2D eigenvalue weighted by atomic mass is 10.2. The molecule has 1 N–H and O–H groups in total. The van der Waals surface area contributed by atoms with Crippen LogP contribution in [0, 0.1) is 0 Å². The first-order valence-corrected chi connectivity index (χ1v) is 8.95. The number of hydrogen-bond acceptors (Lipinski definition) is 4. The largest absolute Gasteiger partial charge is 0.444 e. The Kier molecular flexibility index (Phi) is 6.44. The number of rotatable bonds is 5. The Labute approximate surface area is 142 Å². The van der Waals surface area contributed by atoms with E-state index in [1.165, 1.54) is 19.2 Å². The number of likely N-dealkylation sites (N-methyl/N-ethyl adjacent to an activating group) is 1. The third-order valence-electron chi connectivity index (χ3n) is 2.82. The lowest BCUT2D eigenvalue weighted by Gasteiger charge is -2.25. The van der Waals surface area contributed by atoms with Crippen LogP contribution in [0.25, 0.3) is 0 Å². The van der Waals surface area contributed by atoms with Gasteiger partial charge in [-0.1, -0.05) is 23.7 Å². The second-order valence-electron chi connectivity index (χ2n) is 6.26. The van der Waals surface area contributed by atoms with Crippen molar-refractivity contribution in [2.24, 2.45) is 0 Å². The number of hydrogen-bond donors (Lipinski definition) is 1. The first-order chi connectivity index (χ1) is 10.4. The van der Waals surface area contributed by atoms with Crippen LogP contribution in [0.15, 0.2) is 29.2 Å². The smallest absolute Gasteiger partial charge is 0.407 e. The highest BCUT2D eigenvalue weighted by atomic mass is 35.5. The van der Waals surface area contributed by atoms with E-state index in [2.05, 4.69) is 5.32 Å². The second kappa shape index (κ2) is 7.51. The Morgan fingerprint density at radius 3 is 2.43 bits per heavy atom. The number of nitrogens with zero attached hydrogens (tertiary/aromatic N) is 1. The fourth-order valence-corrected chi connectivity index (χ4v) is 3.61. The minimum atomic E-state index is -3.73. The summed E-state index contributed by atoms with van der Waals surface area (Å²) in [6.45, 7) is 7.05. The van der Waals surface area contributed by atoms with Crippen LogP contribution in [-0.2, 0) is 14.8 Å². The van der Waals surface area contributed by atoms with Gasteiger partial charge in [0.1, 0.15) is 10.5 Å². The molecule has 0 fully saturated rings. The van der Waals surface area contributed by atoms with Gasteiger partial charge < -0.3 is 10.1 Å². The maximum absolute atomic E-state index is 12.5. The van der Waals surface area contributed by atoms with Gasteiger partial charge in [-0.05, 0) is 39.8 Å². The van der Waals surface area contributed by atoms with E-state index in [-0.39, 0.29) is 16.5 Å². The molecule has 0 aliphatic rings. The van der Waals surface area contributed by atoms with Crippen LogP contribution in [0.2, 0.25) is 5.02 Å². The molecule has 0 radical (unpaired) electrons. The van der Waals surface area contributed by atoms with Crippen LogP contribution in [-0.4, -0.2) is 44.1 Å².